The number of aryl methyl sites for hydroxylation is 1. The summed E-state index contributed by atoms with van der Waals surface area (Å²) >= 11 is 6.16. The molecule has 0 spiro atoms. The zero-order valence-corrected chi connectivity index (χ0v) is 20.4. The lowest BCUT2D eigenvalue weighted by atomic mass is 10.2. The van der Waals surface area contributed by atoms with Crippen molar-refractivity contribution in [3.8, 4) is 0 Å². The van der Waals surface area contributed by atoms with Gasteiger partial charge in [0.15, 0.2) is 5.96 Å². The predicted molar refractivity (Wildman–Crippen MR) is 131 cm³/mol. The number of amides is 1. The van der Waals surface area contributed by atoms with E-state index in [-0.39, 0.29) is 29.9 Å². The number of carbonyl (C=O) groups excluding carboxylic acids is 1. The monoisotopic (exact) mass is 537 g/mol. The number of halogens is 2. The number of guanidine groups is 1. The van der Waals surface area contributed by atoms with E-state index >= 15 is 0 Å². The number of nitrogens with one attached hydrogen (secondary N) is 3. The molecule has 1 aromatic rings. The number of hydrogen-bond acceptors (Lipinski definition) is 4. The van der Waals surface area contributed by atoms with E-state index in [1.165, 1.54) is 0 Å². The second kappa shape index (κ2) is 14.8. The van der Waals surface area contributed by atoms with Crippen molar-refractivity contribution < 1.29 is 9.53 Å². The normalized spacial score (nSPS) is 14.8. The first kappa shape index (κ1) is 25.9. The van der Waals surface area contributed by atoms with Crippen LogP contribution >= 0.6 is 35.6 Å². The SMILES string of the molecule is CCNC(=NCCCN1CCOCC1)NCCC(=O)Nc1ccc(C)cc1Cl.I. The van der Waals surface area contributed by atoms with E-state index in [9.17, 15) is 4.79 Å². The van der Waals surface area contributed by atoms with Gasteiger partial charge in [0, 0.05) is 45.7 Å². The van der Waals surface area contributed by atoms with Crippen LogP contribution < -0.4 is 16.0 Å². The van der Waals surface area contributed by atoms with Crippen molar-refractivity contribution in [1.29, 1.82) is 0 Å². The Labute approximate surface area is 196 Å². The first-order chi connectivity index (χ1) is 13.6. The summed E-state index contributed by atoms with van der Waals surface area (Å²) in [6.07, 6.45) is 1.34. The van der Waals surface area contributed by atoms with Gasteiger partial charge in [-0.15, -0.1) is 24.0 Å². The van der Waals surface area contributed by atoms with Gasteiger partial charge in [-0.2, -0.15) is 0 Å². The molecule has 29 heavy (non-hydrogen) atoms. The van der Waals surface area contributed by atoms with Crippen molar-refractivity contribution in [1.82, 2.24) is 15.5 Å². The van der Waals surface area contributed by atoms with Crippen molar-refractivity contribution in [3.05, 3.63) is 28.8 Å². The second-order valence-electron chi connectivity index (χ2n) is 6.78. The molecule has 164 valence electrons. The van der Waals surface area contributed by atoms with Gasteiger partial charge in [0.2, 0.25) is 5.91 Å². The minimum atomic E-state index is -0.0820. The summed E-state index contributed by atoms with van der Waals surface area (Å²) in [4.78, 5) is 19.1. The Morgan fingerprint density at radius 2 is 2.03 bits per heavy atom. The fourth-order valence-electron chi connectivity index (χ4n) is 2.88. The highest BCUT2D eigenvalue weighted by atomic mass is 127. The van der Waals surface area contributed by atoms with Crippen LogP contribution in [0.15, 0.2) is 23.2 Å². The maximum absolute atomic E-state index is 12.1. The van der Waals surface area contributed by atoms with Crippen LogP contribution in [0.5, 0.6) is 0 Å². The average molecular weight is 538 g/mol. The van der Waals surface area contributed by atoms with Crippen LogP contribution in [-0.2, 0) is 9.53 Å². The molecule has 1 aliphatic heterocycles. The number of rotatable bonds is 9. The zero-order chi connectivity index (χ0) is 20.2. The Bertz CT molecular complexity index is 654. The molecule has 1 heterocycles. The Hall–Kier alpha value is -1.10. The molecule has 0 bridgehead atoms. The molecule has 0 saturated carbocycles. The van der Waals surface area contributed by atoms with Gasteiger partial charge in [0.1, 0.15) is 0 Å². The summed E-state index contributed by atoms with van der Waals surface area (Å²) in [6.45, 7) is 10.7. The number of benzene rings is 1. The van der Waals surface area contributed by atoms with E-state index in [0.717, 1.165) is 63.9 Å². The van der Waals surface area contributed by atoms with Crippen LogP contribution in [0.2, 0.25) is 5.02 Å². The third-order valence-electron chi connectivity index (χ3n) is 4.39. The molecule has 0 radical (unpaired) electrons. The molecular formula is C20H33ClIN5O2. The molecule has 0 aromatic heterocycles. The van der Waals surface area contributed by atoms with E-state index in [4.69, 9.17) is 16.3 Å². The van der Waals surface area contributed by atoms with Crippen molar-refractivity contribution in [2.75, 3.05) is 57.8 Å². The van der Waals surface area contributed by atoms with E-state index in [0.29, 0.717) is 23.7 Å². The highest BCUT2D eigenvalue weighted by molar-refractivity contribution is 14.0. The fraction of sp³-hybridized carbons (Fsp3) is 0.600. The minimum absolute atomic E-state index is 0. The maximum Gasteiger partial charge on any atom is 0.226 e. The summed E-state index contributed by atoms with van der Waals surface area (Å²) in [7, 11) is 0. The Morgan fingerprint density at radius 3 is 2.72 bits per heavy atom. The molecule has 1 aromatic carbocycles. The average Bonchev–Trinajstić information content (AvgIpc) is 2.68. The molecule has 1 amide bonds. The summed E-state index contributed by atoms with van der Waals surface area (Å²) in [6, 6.07) is 5.58. The van der Waals surface area contributed by atoms with Crippen molar-refractivity contribution in [2.45, 2.75) is 26.7 Å². The highest BCUT2D eigenvalue weighted by Crippen LogP contribution is 2.22. The lowest BCUT2D eigenvalue weighted by molar-refractivity contribution is -0.116. The second-order valence-corrected chi connectivity index (χ2v) is 7.18. The number of nitrogens with zero attached hydrogens (tertiary/aromatic N) is 2. The molecule has 0 aliphatic carbocycles. The van der Waals surface area contributed by atoms with Gasteiger partial charge in [0.25, 0.3) is 0 Å². The first-order valence-corrected chi connectivity index (χ1v) is 10.3. The molecular weight excluding hydrogens is 505 g/mol. The molecule has 0 unspecified atom stereocenters. The van der Waals surface area contributed by atoms with E-state index in [2.05, 4.69) is 25.8 Å². The number of hydrogen-bond donors (Lipinski definition) is 3. The summed E-state index contributed by atoms with van der Waals surface area (Å²) in [5.41, 5.74) is 1.70. The third kappa shape index (κ3) is 10.5. The van der Waals surface area contributed by atoms with Gasteiger partial charge in [-0.3, -0.25) is 14.7 Å². The van der Waals surface area contributed by atoms with Crippen molar-refractivity contribution in [2.24, 2.45) is 4.99 Å². The van der Waals surface area contributed by atoms with E-state index in [1.807, 2.05) is 32.0 Å². The smallest absolute Gasteiger partial charge is 0.226 e. The standard InChI is InChI=1S/C20H32ClN5O2.HI/c1-3-22-20(23-8-4-10-26-11-13-28-14-12-26)24-9-7-19(27)25-18-6-5-16(2)15-17(18)21;/h5-6,15H,3-4,7-14H2,1-2H3,(H,25,27)(H2,22,23,24);1H. The van der Waals surface area contributed by atoms with Crippen LogP contribution in [0.4, 0.5) is 5.69 Å². The number of aliphatic imine (C=N–C) groups is 1. The van der Waals surface area contributed by atoms with Crippen molar-refractivity contribution >= 4 is 53.1 Å². The Morgan fingerprint density at radius 1 is 1.28 bits per heavy atom. The van der Waals surface area contributed by atoms with Gasteiger partial charge in [0.05, 0.1) is 23.9 Å². The van der Waals surface area contributed by atoms with E-state index in [1.54, 1.807) is 0 Å². The molecule has 1 fully saturated rings. The van der Waals surface area contributed by atoms with Crippen LogP contribution in [-0.4, -0.2) is 69.2 Å². The highest BCUT2D eigenvalue weighted by Gasteiger charge is 2.09. The maximum atomic E-state index is 12.1. The third-order valence-corrected chi connectivity index (χ3v) is 4.71. The molecule has 2 rings (SSSR count). The van der Waals surface area contributed by atoms with Gasteiger partial charge < -0.3 is 20.7 Å². The van der Waals surface area contributed by atoms with E-state index < -0.39 is 0 Å². The molecule has 1 saturated heterocycles. The minimum Gasteiger partial charge on any atom is -0.379 e. The van der Waals surface area contributed by atoms with Gasteiger partial charge in [-0.25, -0.2) is 0 Å². The number of carbonyl (C=O) groups is 1. The molecule has 3 N–H and O–H groups in total. The zero-order valence-electron chi connectivity index (χ0n) is 17.3. The first-order valence-electron chi connectivity index (χ1n) is 9.96. The lowest BCUT2D eigenvalue weighted by Gasteiger charge is -2.26. The van der Waals surface area contributed by atoms with Gasteiger partial charge in [-0.05, 0) is 38.0 Å². The topological polar surface area (TPSA) is 78.0 Å². The van der Waals surface area contributed by atoms with Gasteiger partial charge >= 0.3 is 0 Å². The number of morpholine rings is 1. The predicted octanol–water partition coefficient (Wildman–Crippen LogP) is 2.87. The molecule has 1 aliphatic rings. The quantitative estimate of drug-likeness (QED) is 0.195. The van der Waals surface area contributed by atoms with Crippen LogP contribution in [0.1, 0.15) is 25.3 Å². The lowest BCUT2D eigenvalue weighted by Crippen LogP contribution is -2.39. The van der Waals surface area contributed by atoms with Crippen LogP contribution in [0.25, 0.3) is 0 Å². The number of ether oxygens (including phenoxy) is 1. The van der Waals surface area contributed by atoms with Gasteiger partial charge in [-0.1, -0.05) is 17.7 Å². The van der Waals surface area contributed by atoms with Crippen molar-refractivity contribution in [3.63, 3.8) is 0 Å². The molecule has 9 heteroatoms. The largest absolute Gasteiger partial charge is 0.379 e. The van der Waals surface area contributed by atoms with Crippen LogP contribution in [0, 0.1) is 6.92 Å². The fourth-order valence-corrected chi connectivity index (χ4v) is 3.16. The molecule has 7 nitrogen and oxygen atoms in total. The Kier molecular flexibility index (Phi) is 13.2. The molecule has 0 atom stereocenters. The summed E-state index contributed by atoms with van der Waals surface area (Å²) in [5, 5.41) is 9.82. The summed E-state index contributed by atoms with van der Waals surface area (Å²) in [5.74, 6) is 0.659. The van der Waals surface area contributed by atoms with Crippen LogP contribution in [0.3, 0.4) is 0 Å². The summed E-state index contributed by atoms with van der Waals surface area (Å²) < 4.78 is 5.36. The number of anilines is 1. The Balaban J connectivity index is 0.00000420.